The Morgan fingerprint density at radius 2 is 2.18 bits per heavy atom. The fourth-order valence-electron chi connectivity index (χ4n) is 1.54. The molecule has 1 amide bonds. The van der Waals surface area contributed by atoms with E-state index in [2.05, 4.69) is 12.6 Å². The molecule has 0 bridgehead atoms. The van der Waals surface area contributed by atoms with Crippen LogP contribution in [-0.2, 0) is 4.74 Å². The smallest absolute Gasteiger partial charge is 0.253 e. The van der Waals surface area contributed by atoms with Crippen LogP contribution >= 0.6 is 12.6 Å². The highest BCUT2D eigenvalue weighted by molar-refractivity contribution is 7.80. The van der Waals surface area contributed by atoms with Gasteiger partial charge in [-0.3, -0.25) is 4.79 Å². The molecule has 3 nitrogen and oxygen atoms in total. The molecule has 1 aromatic carbocycles. The molecule has 1 rings (SSSR count). The van der Waals surface area contributed by atoms with Gasteiger partial charge in [0, 0.05) is 30.2 Å². The van der Waals surface area contributed by atoms with Crippen LogP contribution < -0.4 is 0 Å². The van der Waals surface area contributed by atoms with Crippen LogP contribution in [-0.4, -0.2) is 37.1 Å². The molecule has 0 atom stereocenters. The van der Waals surface area contributed by atoms with Gasteiger partial charge in [-0.25, -0.2) is 0 Å². The lowest BCUT2D eigenvalue weighted by atomic mass is 10.2. The second-order valence-corrected chi connectivity index (χ2v) is 4.15. The summed E-state index contributed by atoms with van der Waals surface area (Å²) in [5.74, 6) is 0.0307. The summed E-state index contributed by atoms with van der Waals surface area (Å²) in [6, 6.07) is 7.29. The zero-order valence-corrected chi connectivity index (χ0v) is 11.2. The molecule has 0 radical (unpaired) electrons. The number of thiol groups is 1. The first-order valence-electron chi connectivity index (χ1n) is 5.85. The van der Waals surface area contributed by atoms with Crippen LogP contribution in [0.3, 0.4) is 0 Å². The molecule has 0 saturated heterocycles. The normalized spacial score (nSPS) is 10.3. The van der Waals surface area contributed by atoms with E-state index in [4.69, 9.17) is 4.74 Å². The molecule has 0 fully saturated rings. The maximum atomic E-state index is 12.2. The van der Waals surface area contributed by atoms with Gasteiger partial charge >= 0.3 is 0 Å². The standard InChI is InChI=1S/C13H19NO2S/c1-3-14(8-9-16-4-2)13(15)11-6-5-7-12(17)10-11/h5-7,10,17H,3-4,8-9H2,1-2H3. The number of ether oxygens (including phenoxy) is 1. The summed E-state index contributed by atoms with van der Waals surface area (Å²) in [4.78, 5) is 14.7. The van der Waals surface area contributed by atoms with Crippen molar-refractivity contribution in [3.63, 3.8) is 0 Å². The highest BCUT2D eigenvalue weighted by Gasteiger charge is 2.13. The van der Waals surface area contributed by atoms with E-state index in [-0.39, 0.29) is 5.91 Å². The quantitative estimate of drug-likeness (QED) is 0.623. The van der Waals surface area contributed by atoms with E-state index in [0.29, 0.717) is 31.9 Å². The van der Waals surface area contributed by atoms with Crippen LogP contribution in [0.5, 0.6) is 0 Å². The van der Waals surface area contributed by atoms with Crippen molar-refractivity contribution >= 4 is 18.5 Å². The molecule has 0 aliphatic carbocycles. The Labute approximate surface area is 108 Å². The van der Waals surface area contributed by atoms with Crippen molar-refractivity contribution in [2.75, 3.05) is 26.3 Å². The summed E-state index contributed by atoms with van der Waals surface area (Å²) in [5.41, 5.74) is 0.677. The second-order valence-electron chi connectivity index (χ2n) is 3.63. The lowest BCUT2D eigenvalue weighted by molar-refractivity contribution is 0.0669. The molecule has 0 aliphatic heterocycles. The average molecular weight is 253 g/mol. The molecule has 17 heavy (non-hydrogen) atoms. The highest BCUT2D eigenvalue weighted by Crippen LogP contribution is 2.11. The molecule has 1 aromatic rings. The monoisotopic (exact) mass is 253 g/mol. The van der Waals surface area contributed by atoms with Crippen molar-refractivity contribution in [3.05, 3.63) is 29.8 Å². The summed E-state index contributed by atoms with van der Waals surface area (Å²) in [7, 11) is 0. The fourth-order valence-corrected chi connectivity index (χ4v) is 1.77. The summed E-state index contributed by atoms with van der Waals surface area (Å²) >= 11 is 4.24. The van der Waals surface area contributed by atoms with E-state index in [1.54, 1.807) is 11.0 Å². The summed E-state index contributed by atoms with van der Waals surface area (Å²) in [6.07, 6.45) is 0. The minimum Gasteiger partial charge on any atom is -0.380 e. The van der Waals surface area contributed by atoms with Crippen LogP contribution in [0.2, 0.25) is 0 Å². The van der Waals surface area contributed by atoms with Crippen molar-refractivity contribution in [2.45, 2.75) is 18.7 Å². The van der Waals surface area contributed by atoms with Crippen molar-refractivity contribution in [1.29, 1.82) is 0 Å². The topological polar surface area (TPSA) is 29.5 Å². The van der Waals surface area contributed by atoms with Gasteiger partial charge in [0.25, 0.3) is 5.91 Å². The first-order chi connectivity index (χ1) is 8.19. The Hall–Kier alpha value is -1.00. The van der Waals surface area contributed by atoms with Gasteiger partial charge in [-0.2, -0.15) is 0 Å². The van der Waals surface area contributed by atoms with Gasteiger partial charge in [0.05, 0.1) is 6.61 Å². The molecule has 0 spiro atoms. The van der Waals surface area contributed by atoms with E-state index in [9.17, 15) is 4.79 Å². The fraction of sp³-hybridized carbons (Fsp3) is 0.462. The van der Waals surface area contributed by atoms with Crippen LogP contribution in [0.15, 0.2) is 29.2 Å². The number of rotatable bonds is 6. The van der Waals surface area contributed by atoms with Crippen LogP contribution in [0, 0.1) is 0 Å². The molecule has 0 aliphatic rings. The number of nitrogens with zero attached hydrogens (tertiary/aromatic N) is 1. The molecule has 4 heteroatoms. The van der Waals surface area contributed by atoms with E-state index in [1.165, 1.54) is 0 Å². The van der Waals surface area contributed by atoms with Gasteiger partial charge in [0.2, 0.25) is 0 Å². The van der Waals surface area contributed by atoms with E-state index in [1.807, 2.05) is 32.0 Å². The van der Waals surface area contributed by atoms with E-state index >= 15 is 0 Å². The zero-order chi connectivity index (χ0) is 12.7. The molecule has 0 aromatic heterocycles. The first kappa shape index (κ1) is 14.1. The van der Waals surface area contributed by atoms with Gasteiger partial charge in [-0.05, 0) is 32.0 Å². The third kappa shape index (κ3) is 4.40. The molecular formula is C13H19NO2S. The maximum Gasteiger partial charge on any atom is 0.253 e. The number of carbonyl (C=O) groups excluding carboxylic acids is 1. The number of carbonyl (C=O) groups is 1. The minimum absolute atomic E-state index is 0.0307. The maximum absolute atomic E-state index is 12.2. The van der Waals surface area contributed by atoms with Gasteiger partial charge in [-0.15, -0.1) is 12.6 Å². The predicted molar refractivity (Wildman–Crippen MR) is 71.8 cm³/mol. The Morgan fingerprint density at radius 1 is 1.41 bits per heavy atom. The molecule has 0 heterocycles. The number of likely N-dealkylation sites (N-methyl/N-ethyl adjacent to an activating group) is 1. The third-order valence-electron chi connectivity index (χ3n) is 2.47. The highest BCUT2D eigenvalue weighted by atomic mass is 32.1. The zero-order valence-electron chi connectivity index (χ0n) is 10.3. The van der Waals surface area contributed by atoms with Gasteiger partial charge in [0.15, 0.2) is 0 Å². The SMILES string of the molecule is CCOCCN(CC)C(=O)c1cccc(S)c1. The number of amides is 1. The van der Waals surface area contributed by atoms with Crippen molar-refractivity contribution in [3.8, 4) is 0 Å². The van der Waals surface area contributed by atoms with Gasteiger partial charge in [-0.1, -0.05) is 6.07 Å². The summed E-state index contributed by atoms with van der Waals surface area (Å²) in [5, 5.41) is 0. The van der Waals surface area contributed by atoms with E-state index < -0.39 is 0 Å². The lowest BCUT2D eigenvalue weighted by Crippen LogP contribution is -2.33. The summed E-state index contributed by atoms with van der Waals surface area (Å²) in [6.45, 7) is 6.48. The molecular weight excluding hydrogens is 234 g/mol. The van der Waals surface area contributed by atoms with Crippen molar-refractivity contribution in [1.82, 2.24) is 4.90 Å². The number of hydrogen-bond donors (Lipinski definition) is 1. The average Bonchev–Trinajstić information content (AvgIpc) is 2.34. The number of benzene rings is 1. The Bertz CT molecular complexity index is 368. The summed E-state index contributed by atoms with van der Waals surface area (Å²) < 4.78 is 5.27. The lowest BCUT2D eigenvalue weighted by Gasteiger charge is -2.20. The Kier molecular flexibility index (Phi) is 6.08. The second kappa shape index (κ2) is 7.35. The largest absolute Gasteiger partial charge is 0.380 e. The molecule has 0 saturated carbocycles. The Morgan fingerprint density at radius 3 is 2.76 bits per heavy atom. The minimum atomic E-state index is 0.0307. The van der Waals surface area contributed by atoms with Gasteiger partial charge < -0.3 is 9.64 Å². The predicted octanol–water partition coefficient (Wildman–Crippen LogP) is 2.47. The molecule has 94 valence electrons. The molecule has 0 N–H and O–H groups in total. The molecule has 0 unspecified atom stereocenters. The van der Waals surface area contributed by atoms with Crippen LogP contribution in [0.1, 0.15) is 24.2 Å². The van der Waals surface area contributed by atoms with Crippen molar-refractivity contribution in [2.24, 2.45) is 0 Å². The van der Waals surface area contributed by atoms with Crippen LogP contribution in [0.25, 0.3) is 0 Å². The van der Waals surface area contributed by atoms with Crippen LogP contribution in [0.4, 0.5) is 0 Å². The van der Waals surface area contributed by atoms with Crippen molar-refractivity contribution < 1.29 is 9.53 Å². The Balaban J connectivity index is 2.65. The number of hydrogen-bond acceptors (Lipinski definition) is 3. The third-order valence-corrected chi connectivity index (χ3v) is 2.75. The first-order valence-corrected chi connectivity index (χ1v) is 6.29. The van der Waals surface area contributed by atoms with Gasteiger partial charge in [0.1, 0.15) is 0 Å². The van der Waals surface area contributed by atoms with E-state index in [0.717, 1.165) is 4.90 Å².